The maximum absolute atomic E-state index is 11.8. The first-order valence-electron chi connectivity index (χ1n) is 5.44. The largest absolute Gasteiger partial charge is 0.495 e. The highest BCUT2D eigenvalue weighted by Crippen LogP contribution is 2.23. The van der Waals surface area contributed by atoms with Gasteiger partial charge in [0.25, 0.3) is 5.91 Å². The van der Waals surface area contributed by atoms with Crippen molar-refractivity contribution in [2.24, 2.45) is 0 Å². The average molecular weight is 240 g/mol. The van der Waals surface area contributed by atoms with Gasteiger partial charge in [-0.2, -0.15) is 0 Å². The summed E-state index contributed by atoms with van der Waals surface area (Å²) in [5, 5.41) is 8.14. The molecule has 0 saturated carbocycles. The Morgan fingerprint density at radius 1 is 1.75 bits per heavy atom. The molecule has 1 saturated heterocycles. The van der Waals surface area contributed by atoms with Crippen LogP contribution in [0.25, 0.3) is 0 Å². The average Bonchev–Trinajstić information content (AvgIpc) is 2.96. The molecule has 1 aliphatic heterocycles. The van der Waals surface area contributed by atoms with Crippen LogP contribution < -0.4 is 15.4 Å². The molecule has 1 aromatic rings. The Kier molecular flexibility index (Phi) is 3.79. The number of methoxy groups -OCH3 is 1. The molecule has 0 aliphatic carbocycles. The Morgan fingerprint density at radius 2 is 2.62 bits per heavy atom. The lowest BCUT2D eigenvalue weighted by Gasteiger charge is -2.11. The van der Waals surface area contributed by atoms with Gasteiger partial charge in [-0.05, 0) is 30.8 Å². The van der Waals surface area contributed by atoms with Gasteiger partial charge in [-0.15, -0.1) is 11.3 Å². The van der Waals surface area contributed by atoms with Crippen LogP contribution in [0.15, 0.2) is 11.4 Å². The maximum atomic E-state index is 11.8. The summed E-state index contributed by atoms with van der Waals surface area (Å²) in [7, 11) is 1.58. The van der Waals surface area contributed by atoms with Crippen molar-refractivity contribution in [3.63, 3.8) is 0 Å². The van der Waals surface area contributed by atoms with Gasteiger partial charge < -0.3 is 15.4 Å². The number of carbonyl (C=O) groups is 1. The number of hydrogen-bond donors (Lipinski definition) is 2. The molecule has 16 heavy (non-hydrogen) atoms. The van der Waals surface area contributed by atoms with Crippen LogP contribution in [0.1, 0.15) is 22.5 Å². The lowest BCUT2D eigenvalue weighted by Crippen LogP contribution is -2.36. The lowest BCUT2D eigenvalue weighted by atomic mass is 10.2. The van der Waals surface area contributed by atoms with E-state index in [1.807, 2.05) is 11.4 Å². The minimum Gasteiger partial charge on any atom is -0.495 e. The summed E-state index contributed by atoms with van der Waals surface area (Å²) in [6.45, 7) is 1.75. The van der Waals surface area contributed by atoms with E-state index >= 15 is 0 Å². The number of amides is 1. The first-order valence-corrected chi connectivity index (χ1v) is 6.32. The fourth-order valence-electron chi connectivity index (χ4n) is 1.85. The second-order valence-electron chi connectivity index (χ2n) is 3.82. The smallest absolute Gasteiger partial charge is 0.265 e. The van der Waals surface area contributed by atoms with Crippen LogP contribution in [-0.2, 0) is 0 Å². The molecule has 0 aromatic carbocycles. The lowest BCUT2D eigenvalue weighted by molar-refractivity contribution is 0.0951. The number of hydrogen-bond acceptors (Lipinski definition) is 4. The summed E-state index contributed by atoms with van der Waals surface area (Å²) in [4.78, 5) is 12.5. The van der Waals surface area contributed by atoms with Crippen molar-refractivity contribution in [2.75, 3.05) is 20.2 Å². The molecule has 2 rings (SSSR count). The Morgan fingerprint density at radius 3 is 3.31 bits per heavy atom. The zero-order valence-corrected chi connectivity index (χ0v) is 10.1. The van der Waals surface area contributed by atoms with E-state index in [-0.39, 0.29) is 5.91 Å². The summed E-state index contributed by atoms with van der Waals surface area (Å²) in [5.74, 6) is 0.613. The summed E-state index contributed by atoms with van der Waals surface area (Å²) >= 11 is 1.41. The normalized spacial score (nSPS) is 19.7. The van der Waals surface area contributed by atoms with Crippen molar-refractivity contribution in [2.45, 2.75) is 18.9 Å². The van der Waals surface area contributed by atoms with Crippen LogP contribution >= 0.6 is 11.3 Å². The number of rotatable bonds is 4. The first-order chi connectivity index (χ1) is 7.81. The molecule has 1 aliphatic rings. The third kappa shape index (κ3) is 2.54. The van der Waals surface area contributed by atoms with E-state index in [1.54, 1.807) is 7.11 Å². The predicted octanol–water partition coefficient (Wildman–Crippen LogP) is 1.24. The highest BCUT2D eigenvalue weighted by Gasteiger charge is 2.17. The molecule has 0 bridgehead atoms. The Hall–Kier alpha value is -1.07. The Bertz CT molecular complexity index is 359. The van der Waals surface area contributed by atoms with Gasteiger partial charge in [-0.1, -0.05) is 0 Å². The Balaban J connectivity index is 1.87. The molecule has 1 fully saturated rings. The van der Waals surface area contributed by atoms with Gasteiger partial charge in [0.15, 0.2) is 0 Å². The first kappa shape index (κ1) is 11.4. The molecule has 2 heterocycles. The molecule has 2 N–H and O–H groups in total. The fourth-order valence-corrected chi connectivity index (χ4v) is 2.63. The topological polar surface area (TPSA) is 50.4 Å². The van der Waals surface area contributed by atoms with Gasteiger partial charge >= 0.3 is 0 Å². The second-order valence-corrected chi connectivity index (χ2v) is 4.74. The molecule has 88 valence electrons. The van der Waals surface area contributed by atoms with Crippen molar-refractivity contribution in [3.05, 3.63) is 16.3 Å². The van der Waals surface area contributed by atoms with Gasteiger partial charge in [0, 0.05) is 12.6 Å². The second kappa shape index (κ2) is 5.32. The van der Waals surface area contributed by atoms with E-state index in [2.05, 4.69) is 10.6 Å². The zero-order valence-electron chi connectivity index (χ0n) is 9.29. The van der Waals surface area contributed by atoms with Gasteiger partial charge in [-0.3, -0.25) is 4.79 Å². The molecule has 1 atom stereocenters. The highest BCUT2D eigenvalue weighted by molar-refractivity contribution is 7.12. The summed E-state index contributed by atoms with van der Waals surface area (Å²) in [6.07, 6.45) is 2.34. The van der Waals surface area contributed by atoms with Crippen molar-refractivity contribution in [3.8, 4) is 5.75 Å². The standard InChI is InChI=1S/C11H16N2O2S/c1-15-9-4-6-16-10(9)11(14)13-7-8-3-2-5-12-8/h4,6,8,12H,2-3,5,7H2,1H3,(H,13,14). The Labute approximate surface area is 99.0 Å². The van der Waals surface area contributed by atoms with Crippen LogP contribution in [0.2, 0.25) is 0 Å². The van der Waals surface area contributed by atoms with Gasteiger partial charge in [0.1, 0.15) is 10.6 Å². The van der Waals surface area contributed by atoms with E-state index in [0.717, 1.165) is 13.0 Å². The number of carbonyl (C=O) groups excluding carboxylic acids is 1. The monoisotopic (exact) mass is 240 g/mol. The molecule has 0 radical (unpaired) electrons. The van der Waals surface area contributed by atoms with Crippen LogP contribution in [0.4, 0.5) is 0 Å². The minimum atomic E-state index is -0.0412. The number of thiophene rings is 1. The molecular weight excluding hydrogens is 224 g/mol. The van der Waals surface area contributed by atoms with E-state index < -0.39 is 0 Å². The van der Waals surface area contributed by atoms with E-state index in [0.29, 0.717) is 23.2 Å². The fraction of sp³-hybridized carbons (Fsp3) is 0.545. The van der Waals surface area contributed by atoms with Gasteiger partial charge in [0.2, 0.25) is 0 Å². The molecule has 1 amide bonds. The van der Waals surface area contributed by atoms with Gasteiger partial charge in [-0.25, -0.2) is 0 Å². The molecule has 1 unspecified atom stereocenters. The summed E-state index contributed by atoms with van der Waals surface area (Å²) in [5.41, 5.74) is 0. The zero-order chi connectivity index (χ0) is 11.4. The molecule has 0 spiro atoms. The van der Waals surface area contributed by atoms with Gasteiger partial charge in [0.05, 0.1) is 7.11 Å². The van der Waals surface area contributed by atoms with Crippen LogP contribution in [0.5, 0.6) is 5.75 Å². The molecule has 5 heteroatoms. The predicted molar refractivity (Wildman–Crippen MR) is 64.2 cm³/mol. The van der Waals surface area contributed by atoms with E-state index in [1.165, 1.54) is 17.8 Å². The van der Waals surface area contributed by atoms with Crippen molar-refractivity contribution in [1.82, 2.24) is 10.6 Å². The van der Waals surface area contributed by atoms with Crippen molar-refractivity contribution < 1.29 is 9.53 Å². The van der Waals surface area contributed by atoms with Crippen molar-refractivity contribution >= 4 is 17.2 Å². The van der Waals surface area contributed by atoms with E-state index in [9.17, 15) is 4.79 Å². The number of ether oxygens (including phenoxy) is 1. The third-order valence-corrected chi connectivity index (χ3v) is 3.62. The van der Waals surface area contributed by atoms with E-state index in [4.69, 9.17) is 4.74 Å². The minimum absolute atomic E-state index is 0.0412. The molecule has 1 aromatic heterocycles. The molecule has 4 nitrogen and oxygen atoms in total. The molecular formula is C11H16N2O2S. The summed E-state index contributed by atoms with van der Waals surface area (Å²) in [6, 6.07) is 2.24. The van der Waals surface area contributed by atoms with Crippen LogP contribution in [0.3, 0.4) is 0 Å². The summed E-state index contributed by atoms with van der Waals surface area (Å²) < 4.78 is 5.11. The third-order valence-electron chi connectivity index (χ3n) is 2.73. The quantitative estimate of drug-likeness (QED) is 0.832. The maximum Gasteiger partial charge on any atom is 0.265 e. The van der Waals surface area contributed by atoms with Crippen LogP contribution in [-0.4, -0.2) is 32.1 Å². The highest BCUT2D eigenvalue weighted by atomic mass is 32.1. The van der Waals surface area contributed by atoms with Crippen LogP contribution in [0, 0.1) is 0 Å². The SMILES string of the molecule is COc1ccsc1C(=O)NCC1CCCN1. The van der Waals surface area contributed by atoms with Crippen molar-refractivity contribution in [1.29, 1.82) is 0 Å². The number of nitrogens with one attached hydrogen (secondary N) is 2.